The maximum atomic E-state index is 12.9. The molecule has 0 unspecified atom stereocenters. The van der Waals surface area contributed by atoms with Crippen molar-refractivity contribution in [1.82, 2.24) is 15.5 Å². The standard InChI is InChI=1S/C22H28F2N4O3.HI/c1-5-30-18-8-6-7-17(19(18)31-21(23)24)14-27-22(25-2)26-13-15-9-11-16(12-10-15)20(29)28(3)4;/h6-12,21H,5,13-14H2,1-4H3,(H2,25,26,27);1H. The highest BCUT2D eigenvalue weighted by atomic mass is 127. The van der Waals surface area contributed by atoms with Gasteiger partial charge in [0, 0.05) is 45.4 Å². The van der Waals surface area contributed by atoms with Gasteiger partial charge >= 0.3 is 6.61 Å². The van der Waals surface area contributed by atoms with Crippen LogP contribution in [0.5, 0.6) is 11.5 Å². The highest BCUT2D eigenvalue weighted by Crippen LogP contribution is 2.32. The Kier molecular flexibility index (Phi) is 11.7. The van der Waals surface area contributed by atoms with Crippen molar-refractivity contribution < 1.29 is 23.0 Å². The number of aliphatic imine (C=N–C) groups is 1. The number of benzene rings is 2. The van der Waals surface area contributed by atoms with Crippen LogP contribution in [0.25, 0.3) is 0 Å². The summed E-state index contributed by atoms with van der Waals surface area (Å²) in [6.45, 7) is -0.182. The molecule has 0 radical (unpaired) electrons. The van der Waals surface area contributed by atoms with Crippen LogP contribution in [-0.2, 0) is 13.1 Å². The minimum atomic E-state index is -2.96. The molecule has 0 saturated carbocycles. The lowest BCUT2D eigenvalue weighted by molar-refractivity contribution is -0.0520. The van der Waals surface area contributed by atoms with Crippen LogP contribution in [0.3, 0.4) is 0 Å². The van der Waals surface area contributed by atoms with Gasteiger partial charge in [0.05, 0.1) is 6.61 Å². The SMILES string of the molecule is CCOc1cccc(CNC(=NC)NCc2ccc(C(=O)N(C)C)cc2)c1OC(F)F.I. The highest BCUT2D eigenvalue weighted by molar-refractivity contribution is 14.0. The maximum Gasteiger partial charge on any atom is 0.387 e. The van der Waals surface area contributed by atoms with Gasteiger partial charge in [-0.05, 0) is 30.7 Å². The first kappa shape index (κ1) is 27.4. The van der Waals surface area contributed by atoms with E-state index in [1.165, 1.54) is 4.90 Å². The van der Waals surface area contributed by atoms with Crippen molar-refractivity contribution in [3.63, 3.8) is 0 Å². The van der Waals surface area contributed by atoms with Gasteiger partial charge in [-0.2, -0.15) is 8.78 Å². The zero-order valence-corrected chi connectivity index (χ0v) is 20.9. The lowest BCUT2D eigenvalue weighted by Crippen LogP contribution is -2.36. The van der Waals surface area contributed by atoms with Gasteiger partial charge in [-0.1, -0.05) is 24.3 Å². The molecule has 0 saturated heterocycles. The van der Waals surface area contributed by atoms with Crippen molar-refractivity contribution in [2.75, 3.05) is 27.7 Å². The van der Waals surface area contributed by atoms with Gasteiger partial charge < -0.3 is 25.0 Å². The van der Waals surface area contributed by atoms with Crippen LogP contribution >= 0.6 is 24.0 Å². The van der Waals surface area contributed by atoms with E-state index >= 15 is 0 Å². The number of para-hydroxylation sites is 1. The van der Waals surface area contributed by atoms with Crippen molar-refractivity contribution in [2.24, 2.45) is 4.99 Å². The summed E-state index contributed by atoms with van der Waals surface area (Å²) in [4.78, 5) is 17.6. The Bertz CT molecular complexity index is 893. The van der Waals surface area contributed by atoms with E-state index in [1.54, 1.807) is 58.4 Å². The van der Waals surface area contributed by atoms with Crippen LogP contribution in [-0.4, -0.2) is 51.1 Å². The number of alkyl halides is 2. The van der Waals surface area contributed by atoms with Crippen LogP contribution in [0.15, 0.2) is 47.5 Å². The number of amides is 1. The summed E-state index contributed by atoms with van der Waals surface area (Å²) in [5, 5.41) is 6.23. The van der Waals surface area contributed by atoms with Crippen molar-refractivity contribution in [3.8, 4) is 11.5 Å². The lowest BCUT2D eigenvalue weighted by Gasteiger charge is -2.17. The van der Waals surface area contributed by atoms with Gasteiger partial charge in [-0.3, -0.25) is 9.79 Å². The van der Waals surface area contributed by atoms with E-state index in [4.69, 9.17) is 4.74 Å². The maximum absolute atomic E-state index is 12.9. The Morgan fingerprint density at radius 3 is 2.31 bits per heavy atom. The average Bonchev–Trinajstić information content (AvgIpc) is 2.75. The van der Waals surface area contributed by atoms with Crippen molar-refractivity contribution in [3.05, 3.63) is 59.2 Å². The van der Waals surface area contributed by atoms with E-state index in [0.29, 0.717) is 30.2 Å². The molecule has 2 rings (SSSR count). The van der Waals surface area contributed by atoms with Crippen LogP contribution < -0.4 is 20.1 Å². The van der Waals surface area contributed by atoms with Crippen LogP contribution in [0.4, 0.5) is 8.78 Å². The number of hydrogen-bond donors (Lipinski definition) is 2. The molecule has 0 aliphatic carbocycles. The van der Waals surface area contributed by atoms with E-state index in [1.807, 2.05) is 12.1 Å². The first-order valence-electron chi connectivity index (χ1n) is 9.80. The fourth-order valence-corrected chi connectivity index (χ4v) is 2.80. The van der Waals surface area contributed by atoms with Crippen molar-refractivity contribution in [2.45, 2.75) is 26.6 Å². The first-order valence-corrected chi connectivity index (χ1v) is 9.80. The van der Waals surface area contributed by atoms with E-state index in [0.717, 1.165) is 5.56 Å². The smallest absolute Gasteiger partial charge is 0.387 e. The molecule has 0 aliphatic heterocycles. The number of hydrogen-bond acceptors (Lipinski definition) is 4. The first-order chi connectivity index (χ1) is 14.8. The summed E-state index contributed by atoms with van der Waals surface area (Å²) in [6.07, 6.45) is 0. The predicted molar refractivity (Wildman–Crippen MR) is 131 cm³/mol. The Labute approximate surface area is 204 Å². The number of halogens is 3. The molecule has 0 aliphatic rings. The fourth-order valence-electron chi connectivity index (χ4n) is 2.80. The molecule has 0 bridgehead atoms. The Morgan fingerprint density at radius 2 is 1.75 bits per heavy atom. The molecular weight excluding hydrogens is 533 g/mol. The zero-order valence-electron chi connectivity index (χ0n) is 18.5. The minimum Gasteiger partial charge on any atom is -0.490 e. The molecule has 7 nitrogen and oxygen atoms in total. The van der Waals surface area contributed by atoms with E-state index in [-0.39, 0.29) is 47.9 Å². The molecule has 10 heteroatoms. The number of carbonyl (C=O) groups is 1. The van der Waals surface area contributed by atoms with Crippen LogP contribution in [0.2, 0.25) is 0 Å². The third-order valence-electron chi connectivity index (χ3n) is 4.30. The van der Waals surface area contributed by atoms with Gasteiger partial charge in [0.1, 0.15) is 0 Å². The largest absolute Gasteiger partial charge is 0.490 e. The lowest BCUT2D eigenvalue weighted by atomic mass is 10.1. The van der Waals surface area contributed by atoms with Gasteiger partial charge in [0.15, 0.2) is 17.5 Å². The average molecular weight is 562 g/mol. The molecule has 2 N–H and O–H groups in total. The molecule has 0 fully saturated rings. The molecule has 0 heterocycles. The molecule has 2 aromatic carbocycles. The second kappa shape index (κ2) is 13.7. The van der Waals surface area contributed by atoms with Gasteiger partial charge in [-0.15, -0.1) is 24.0 Å². The summed E-state index contributed by atoms with van der Waals surface area (Å²) in [5.74, 6) is 0.687. The molecule has 0 spiro atoms. The molecule has 1 amide bonds. The zero-order chi connectivity index (χ0) is 22.8. The second-order valence-corrected chi connectivity index (χ2v) is 6.73. The Balaban J connectivity index is 0.00000512. The highest BCUT2D eigenvalue weighted by Gasteiger charge is 2.16. The molecular formula is C22H29F2IN4O3. The monoisotopic (exact) mass is 562 g/mol. The van der Waals surface area contributed by atoms with E-state index < -0.39 is 6.61 Å². The van der Waals surface area contributed by atoms with Crippen LogP contribution in [0.1, 0.15) is 28.4 Å². The summed E-state index contributed by atoms with van der Waals surface area (Å²) in [6, 6.07) is 12.2. The topological polar surface area (TPSA) is 75.2 Å². The quantitative estimate of drug-likeness (QED) is 0.276. The van der Waals surface area contributed by atoms with E-state index in [2.05, 4.69) is 20.4 Å². The minimum absolute atomic E-state index is 0. The summed E-state index contributed by atoms with van der Waals surface area (Å²) in [7, 11) is 5.02. The Hall–Kier alpha value is -2.63. The van der Waals surface area contributed by atoms with Crippen molar-refractivity contribution >= 4 is 35.8 Å². The summed E-state index contributed by atoms with van der Waals surface area (Å²) >= 11 is 0. The second-order valence-electron chi connectivity index (χ2n) is 6.73. The summed E-state index contributed by atoms with van der Waals surface area (Å²) < 4.78 is 35.8. The molecule has 32 heavy (non-hydrogen) atoms. The predicted octanol–water partition coefficient (Wildman–Crippen LogP) is 3.87. The van der Waals surface area contributed by atoms with Crippen molar-refractivity contribution in [1.29, 1.82) is 0 Å². The molecule has 176 valence electrons. The summed E-state index contributed by atoms with van der Waals surface area (Å²) in [5.41, 5.74) is 2.08. The molecule has 2 aromatic rings. The number of carbonyl (C=O) groups excluding carboxylic acids is 1. The van der Waals surface area contributed by atoms with Crippen LogP contribution in [0, 0.1) is 0 Å². The third-order valence-corrected chi connectivity index (χ3v) is 4.30. The number of nitrogens with zero attached hydrogens (tertiary/aromatic N) is 2. The number of guanidine groups is 1. The van der Waals surface area contributed by atoms with Gasteiger partial charge in [0.2, 0.25) is 0 Å². The molecule has 0 aromatic heterocycles. The number of ether oxygens (including phenoxy) is 2. The number of nitrogens with one attached hydrogen (secondary N) is 2. The Morgan fingerprint density at radius 1 is 1.09 bits per heavy atom. The normalized spacial score (nSPS) is 10.9. The van der Waals surface area contributed by atoms with Gasteiger partial charge in [0.25, 0.3) is 5.91 Å². The van der Waals surface area contributed by atoms with Gasteiger partial charge in [-0.25, -0.2) is 0 Å². The number of rotatable bonds is 9. The molecule has 0 atom stereocenters. The fraction of sp³-hybridized carbons (Fsp3) is 0.364. The third kappa shape index (κ3) is 8.13. The van der Waals surface area contributed by atoms with E-state index in [9.17, 15) is 13.6 Å².